The maximum Gasteiger partial charge on any atom is 0.132 e. The summed E-state index contributed by atoms with van der Waals surface area (Å²) in [7, 11) is 0. The van der Waals surface area contributed by atoms with Crippen LogP contribution in [0.3, 0.4) is 0 Å². The van der Waals surface area contributed by atoms with Crippen LogP contribution in [0.1, 0.15) is 32.3 Å². The molecule has 0 amide bonds. The van der Waals surface area contributed by atoms with Crippen LogP contribution >= 0.6 is 0 Å². The smallest absolute Gasteiger partial charge is 0.132 e. The second-order valence-corrected chi connectivity index (χ2v) is 3.61. The minimum Gasteiger partial charge on any atom is -0.300 e. The van der Waals surface area contributed by atoms with Gasteiger partial charge in [0.05, 0.1) is 0 Å². The van der Waals surface area contributed by atoms with Crippen molar-refractivity contribution in [3.05, 3.63) is 30.1 Å². The number of carbonyl (C=O) groups is 1. The first-order chi connectivity index (χ1) is 6.74. The van der Waals surface area contributed by atoms with Crippen LogP contribution in [0.15, 0.2) is 24.5 Å². The van der Waals surface area contributed by atoms with Gasteiger partial charge in [0.2, 0.25) is 0 Å². The Morgan fingerprint density at radius 3 is 2.57 bits per heavy atom. The standard InChI is InChI=1S/C12H17NO/c1-3-12(10(2)14)5-4-11-6-8-13-9-7-11/h6-9,12H,3-5H2,1-2H3. The topological polar surface area (TPSA) is 30.0 Å². The van der Waals surface area contributed by atoms with Gasteiger partial charge in [0, 0.05) is 18.3 Å². The summed E-state index contributed by atoms with van der Waals surface area (Å²) >= 11 is 0. The van der Waals surface area contributed by atoms with Crippen LogP contribution in [0.4, 0.5) is 0 Å². The average molecular weight is 191 g/mol. The molecule has 0 bridgehead atoms. The lowest BCUT2D eigenvalue weighted by Crippen LogP contribution is -2.10. The molecule has 0 N–H and O–H groups in total. The van der Waals surface area contributed by atoms with Gasteiger partial charge < -0.3 is 0 Å². The van der Waals surface area contributed by atoms with Gasteiger partial charge in [-0.05, 0) is 43.9 Å². The molecule has 0 aliphatic carbocycles. The maximum atomic E-state index is 11.2. The normalized spacial score (nSPS) is 12.4. The van der Waals surface area contributed by atoms with E-state index in [4.69, 9.17) is 0 Å². The third kappa shape index (κ3) is 3.29. The van der Waals surface area contributed by atoms with Gasteiger partial charge in [0.15, 0.2) is 0 Å². The molecule has 2 nitrogen and oxygen atoms in total. The molecule has 0 saturated heterocycles. The molecule has 1 aromatic rings. The second-order valence-electron chi connectivity index (χ2n) is 3.61. The van der Waals surface area contributed by atoms with E-state index in [0.717, 1.165) is 19.3 Å². The number of pyridine rings is 1. The predicted octanol–water partition coefficient (Wildman–Crippen LogP) is 2.63. The van der Waals surface area contributed by atoms with Gasteiger partial charge in [0.1, 0.15) is 5.78 Å². The molecule has 1 aromatic heterocycles. The lowest BCUT2D eigenvalue weighted by Gasteiger charge is -2.10. The molecule has 2 heteroatoms. The van der Waals surface area contributed by atoms with Crippen molar-refractivity contribution in [2.45, 2.75) is 33.1 Å². The fraction of sp³-hybridized carbons (Fsp3) is 0.500. The largest absolute Gasteiger partial charge is 0.300 e. The number of hydrogen-bond donors (Lipinski definition) is 0. The van der Waals surface area contributed by atoms with Gasteiger partial charge in [-0.25, -0.2) is 0 Å². The van der Waals surface area contributed by atoms with E-state index in [1.165, 1.54) is 5.56 Å². The lowest BCUT2D eigenvalue weighted by molar-refractivity contribution is -0.121. The quantitative estimate of drug-likeness (QED) is 0.716. The molecule has 0 aromatic carbocycles. The zero-order valence-corrected chi connectivity index (χ0v) is 8.86. The van der Waals surface area contributed by atoms with Crippen LogP contribution in [0, 0.1) is 5.92 Å². The number of aryl methyl sites for hydroxylation is 1. The summed E-state index contributed by atoms with van der Waals surface area (Å²) in [5.41, 5.74) is 1.26. The number of Topliss-reactive ketones (excluding diaryl/α,β-unsaturated/α-hetero) is 1. The first-order valence-corrected chi connectivity index (χ1v) is 5.13. The van der Waals surface area contributed by atoms with E-state index in [1.807, 2.05) is 12.1 Å². The van der Waals surface area contributed by atoms with Crippen molar-refractivity contribution in [2.75, 3.05) is 0 Å². The highest BCUT2D eigenvalue weighted by molar-refractivity contribution is 5.78. The van der Waals surface area contributed by atoms with E-state index in [1.54, 1.807) is 19.3 Å². The third-order valence-electron chi connectivity index (χ3n) is 2.60. The number of ketones is 1. The van der Waals surface area contributed by atoms with Crippen LogP contribution in [0.25, 0.3) is 0 Å². The highest BCUT2D eigenvalue weighted by atomic mass is 16.1. The van der Waals surface area contributed by atoms with E-state index in [9.17, 15) is 4.79 Å². The minimum absolute atomic E-state index is 0.225. The summed E-state index contributed by atoms with van der Waals surface area (Å²) in [5.74, 6) is 0.532. The average Bonchev–Trinajstić information content (AvgIpc) is 2.20. The molecule has 1 atom stereocenters. The van der Waals surface area contributed by atoms with Gasteiger partial charge in [-0.1, -0.05) is 6.92 Å². The lowest BCUT2D eigenvalue weighted by atomic mass is 9.94. The van der Waals surface area contributed by atoms with E-state index in [0.29, 0.717) is 5.78 Å². The van der Waals surface area contributed by atoms with Gasteiger partial charge in [-0.2, -0.15) is 0 Å². The van der Waals surface area contributed by atoms with Crippen molar-refractivity contribution in [2.24, 2.45) is 5.92 Å². The maximum absolute atomic E-state index is 11.2. The number of rotatable bonds is 5. The van der Waals surface area contributed by atoms with Gasteiger partial charge in [0.25, 0.3) is 0 Å². The van der Waals surface area contributed by atoms with Crippen LogP contribution in [-0.2, 0) is 11.2 Å². The van der Waals surface area contributed by atoms with Gasteiger partial charge in [-0.15, -0.1) is 0 Å². The summed E-state index contributed by atoms with van der Waals surface area (Å²) in [6.45, 7) is 3.75. The van der Waals surface area contributed by atoms with Crippen LogP contribution in [0.2, 0.25) is 0 Å². The monoisotopic (exact) mass is 191 g/mol. The van der Waals surface area contributed by atoms with E-state index in [2.05, 4.69) is 11.9 Å². The number of carbonyl (C=O) groups excluding carboxylic acids is 1. The molecule has 14 heavy (non-hydrogen) atoms. The SMILES string of the molecule is CCC(CCc1ccncc1)C(C)=O. The highest BCUT2D eigenvalue weighted by Gasteiger charge is 2.10. The zero-order chi connectivity index (χ0) is 10.4. The van der Waals surface area contributed by atoms with Crippen molar-refractivity contribution in [1.82, 2.24) is 4.98 Å². The molecule has 76 valence electrons. The summed E-state index contributed by atoms with van der Waals surface area (Å²) in [6, 6.07) is 4.01. The number of aromatic nitrogens is 1. The molecule has 0 fully saturated rings. The van der Waals surface area contributed by atoms with Gasteiger partial charge in [-0.3, -0.25) is 9.78 Å². The summed E-state index contributed by atoms with van der Waals surface area (Å²) in [6.07, 6.45) is 6.46. The third-order valence-corrected chi connectivity index (χ3v) is 2.60. The Labute approximate surface area is 85.4 Å². The molecular weight excluding hydrogens is 174 g/mol. The van der Waals surface area contributed by atoms with Crippen LogP contribution in [0.5, 0.6) is 0 Å². The Morgan fingerprint density at radius 2 is 2.07 bits per heavy atom. The Balaban J connectivity index is 2.44. The molecule has 1 heterocycles. The molecule has 0 aliphatic heterocycles. The first-order valence-electron chi connectivity index (χ1n) is 5.13. The fourth-order valence-corrected chi connectivity index (χ4v) is 1.59. The minimum atomic E-state index is 0.225. The van der Waals surface area contributed by atoms with Crippen LogP contribution in [-0.4, -0.2) is 10.8 Å². The number of nitrogens with zero attached hydrogens (tertiary/aromatic N) is 1. The summed E-state index contributed by atoms with van der Waals surface area (Å²) < 4.78 is 0. The fourth-order valence-electron chi connectivity index (χ4n) is 1.59. The van der Waals surface area contributed by atoms with Crippen molar-refractivity contribution >= 4 is 5.78 Å². The highest BCUT2D eigenvalue weighted by Crippen LogP contribution is 2.13. The van der Waals surface area contributed by atoms with Crippen molar-refractivity contribution < 1.29 is 4.79 Å². The zero-order valence-electron chi connectivity index (χ0n) is 8.86. The Kier molecular flexibility index (Phi) is 4.30. The van der Waals surface area contributed by atoms with Gasteiger partial charge >= 0.3 is 0 Å². The molecule has 0 spiro atoms. The Hall–Kier alpha value is -1.18. The van der Waals surface area contributed by atoms with Crippen molar-refractivity contribution in [3.63, 3.8) is 0 Å². The Morgan fingerprint density at radius 1 is 1.43 bits per heavy atom. The molecule has 1 unspecified atom stereocenters. The molecular formula is C12H17NO. The van der Waals surface area contributed by atoms with Crippen molar-refractivity contribution in [3.8, 4) is 0 Å². The summed E-state index contributed by atoms with van der Waals surface area (Å²) in [4.78, 5) is 15.1. The van der Waals surface area contributed by atoms with E-state index < -0.39 is 0 Å². The molecule has 0 aliphatic rings. The van der Waals surface area contributed by atoms with E-state index >= 15 is 0 Å². The Bertz CT molecular complexity index is 282. The van der Waals surface area contributed by atoms with Crippen molar-refractivity contribution in [1.29, 1.82) is 0 Å². The summed E-state index contributed by atoms with van der Waals surface area (Å²) in [5, 5.41) is 0. The molecule has 0 saturated carbocycles. The van der Waals surface area contributed by atoms with Crippen LogP contribution < -0.4 is 0 Å². The first kappa shape index (κ1) is 10.9. The van der Waals surface area contributed by atoms with E-state index in [-0.39, 0.29) is 5.92 Å². The number of hydrogen-bond acceptors (Lipinski definition) is 2. The molecule has 0 radical (unpaired) electrons. The predicted molar refractivity (Wildman–Crippen MR) is 57.0 cm³/mol. The molecule has 1 rings (SSSR count). The second kappa shape index (κ2) is 5.53.